The molecule has 0 bridgehead atoms. The third-order valence-corrected chi connectivity index (χ3v) is 7.82. The van der Waals surface area contributed by atoms with Gasteiger partial charge in [0.05, 0.1) is 6.04 Å². The van der Waals surface area contributed by atoms with Gasteiger partial charge in [-0.2, -0.15) is 0 Å². The average molecular weight is 589 g/mol. The number of nitrogens with zero attached hydrogens (tertiary/aromatic N) is 4. The molecule has 3 rings (SSSR count). The fourth-order valence-electron chi connectivity index (χ4n) is 5.31. The highest BCUT2D eigenvalue weighted by atomic mass is 19.1. The molecular weight excluding hydrogens is 543 g/mol. The van der Waals surface area contributed by atoms with Gasteiger partial charge in [0.2, 0.25) is 11.8 Å². The summed E-state index contributed by atoms with van der Waals surface area (Å²) in [7, 11) is 2.08. The maximum absolute atomic E-state index is 13.7. The summed E-state index contributed by atoms with van der Waals surface area (Å²) < 4.78 is 13.2. The summed E-state index contributed by atoms with van der Waals surface area (Å²) in [5.41, 5.74) is 12.0. The number of alkyl halides is 1. The molecular formula is C29H45FN8O4. The molecule has 2 saturated heterocycles. The minimum Gasteiger partial charge on any atom is -0.370 e. The zero-order valence-corrected chi connectivity index (χ0v) is 24.9. The van der Waals surface area contributed by atoms with Crippen LogP contribution >= 0.6 is 0 Å². The lowest BCUT2D eigenvalue weighted by atomic mass is 10.0. The van der Waals surface area contributed by atoms with Gasteiger partial charge < -0.3 is 36.8 Å². The van der Waals surface area contributed by atoms with E-state index in [-0.39, 0.29) is 36.7 Å². The molecule has 1 aromatic rings. The zero-order valence-electron chi connectivity index (χ0n) is 24.9. The van der Waals surface area contributed by atoms with Gasteiger partial charge in [-0.05, 0) is 56.8 Å². The van der Waals surface area contributed by atoms with E-state index >= 15 is 0 Å². The largest absolute Gasteiger partial charge is 0.370 e. The Labute approximate surface area is 247 Å². The monoisotopic (exact) mass is 588 g/mol. The fourth-order valence-corrected chi connectivity index (χ4v) is 5.31. The first-order chi connectivity index (χ1) is 20.0. The second kappa shape index (κ2) is 15.5. The number of carbonyl (C=O) groups excluding carboxylic acids is 4. The van der Waals surface area contributed by atoms with Crippen molar-refractivity contribution in [3.63, 3.8) is 0 Å². The van der Waals surface area contributed by atoms with E-state index < -0.39 is 36.5 Å². The summed E-state index contributed by atoms with van der Waals surface area (Å²) in [5, 5.41) is 5.52. The number of aliphatic imine (C=N–C) groups is 1. The van der Waals surface area contributed by atoms with Crippen molar-refractivity contribution in [2.45, 2.75) is 57.7 Å². The van der Waals surface area contributed by atoms with E-state index in [0.29, 0.717) is 31.4 Å². The van der Waals surface area contributed by atoms with Gasteiger partial charge in [-0.25, -0.2) is 4.39 Å². The zero-order chi connectivity index (χ0) is 30.8. The van der Waals surface area contributed by atoms with Crippen molar-refractivity contribution in [2.75, 3.05) is 57.9 Å². The van der Waals surface area contributed by atoms with Crippen LogP contribution in [-0.4, -0.2) is 110 Å². The van der Waals surface area contributed by atoms with Crippen molar-refractivity contribution in [3.8, 4) is 0 Å². The first-order valence-electron chi connectivity index (χ1n) is 14.6. The number of carbonyl (C=O) groups is 4. The molecule has 0 saturated carbocycles. The summed E-state index contributed by atoms with van der Waals surface area (Å²) in [4.78, 5) is 62.3. The smallest absolute Gasteiger partial charge is 0.252 e. The van der Waals surface area contributed by atoms with Crippen LogP contribution < -0.4 is 27.0 Å². The molecule has 2 fully saturated rings. The van der Waals surface area contributed by atoms with Crippen LogP contribution in [0.3, 0.4) is 0 Å². The van der Waals surface area contributed by atoms with Crippen molar-refractivity contribution in [3.05, 3.63) is 29.8 Å². The minimum atomic E-state index is -1.22. The van der Waals surface area contributed by atoms with E-state index in [4.69, 9.17) is 11.5 Å². The Morgan fingerprint density at radius 3 is 2.43 bits per heavy atom. The molecule has 0 aromatic heterocycles. The molecule has 1 aromatic carbocycles. The predicted molar refractivity (Wildman–Crippen MR) is 160 cm³/mol. The van der Waals surface area contributed by atoms with Crippen LogP contribution in [0.2, 0.25) is 0 Å². The molecule has 0 spiro atoms. The van der Waals surface area contributed by atoms with Crippen LogP contribution in [0.1, 0.15) is 49.9 Å². The Kier molecular flexibility index (Phi) is 12.1. The van der Waals surface area contributed by atoms with Crippen molar-refractivity contribution < 1.29 is 23.6 Å². The number of hydrogen-bond donors (Lipinski definition) is 4. The van der Waals surface area contributed by atoms with Crippen molar-refractivity contribution >= 4 is 35.2 Å². The number of nitrogens with one attached hydrogen (secondary N) is 2. The van der Waals surface area contributed by atoms with Gasteiger partial charge in [0.25, 0.3) is 5.91 Å². The number of piperazine rings is 1. The van der Waals surface area contributed by atoms with Gasteiger partial charge in [-0.3, -0.25) is 24.2 Å². The van der Waals surface area contributed by atoms with Gasteiger partial charge in [-0.1, -0.05) is 19.9 Å². The van der Waals surface area contributed by atoms with Crippen LogP contribution in [0.25, 0.3) is 0 Å². The summed E-state index contributed by atoms with van der Waals surface area (Å²) >= 11 is 0. The van der Waals surface area contributed by atoms with Crippen LogP contribution in [0.15, 0.2) is 29.3 Å². The van der Waals surface area contributed by atoms with E-state index in [1.165, 1.54) is 4.90 Å². The number of halogens is 1. The number of guanidine groups is 1. The third-order valence-electron chi connectivity index (χ3n) is 7.82. The number of Topliss-reactive ketones (excluding diaryl/α,β-unsaturated/α-hetero) is 1. The van der Waals surface area contributed by atoms with Crippen LogP contribution in [-0.2, 0) is 14.4 Å². The molecule has 232 valence electrons. The van der Waals surface area contributed by atoms with Gasteiger partial charge >= 0.3 is 0 Å². The second-order valence-electron chi connectivity index (χ2n) is 11.3. The Morgan fingerprint density at radius 2 is 1.79 bits per heavy atom. The number of anilines is 1. The number of ketones is 1. The van der Waals surface area contributed by atoms with E-state index in [9.17, 15) is 23.6 Å². The van der Waals surface area contributed by atoms with E-state index in [1.807, 2.05) is 32.0 Å². The molecule has 42 heavy (non-hydrogen) atoms. The maximum atomic E-state index is 13.7. The van der Waals surface area contributed by atoms with Crippen LogP contribution in [0.4, 0.5) is 10.1 Å². The highest BCUT2D eigenvalue weighted by molar-refractivity contribution is 5.99. The minimum absolute atomic E-state index is 0.0953. The Balaban J connectivity index is 1.67. The predicted octanol–water partition coefficient (Wildman–Crippen LogP) is 0.261. The van der Waals surface area contributed by atoms with Gasteiger partial charge in [0, 0.05) is 50.5 Å². The van der Waals surface area contributed by atoms with Crippen LogP contribution in [0, 0.1) is 5.92 Å². The molecule has 6 N–H and O–H groups in total. The van der Waals surface area contributed by atoms with E-state index in [1.54, 1.807) is 6.07 Å². The molecule has 2 unspecified atom stereocenters. The number of amides is 3. The van der Waals surface area contributed by atoms with Crippen molar-refractivity contribution in [1.29, 1.82) is 0 Å². The third kappa shape index (κ3) is 8.88. The lowest BCUT2D eigenvalue weighted by Crippen LogP contribution is -2.56. The quantitative estimate of drug-likeness (QED) is 0.145. The normalized spacial score (nSPS) is 18.8. The number of likely N-dealkylation sites (tertiary alicyclic amines) is 1. The number of benzene rings is 1. The highest BCUT2D eigenvalue weighted by Gasteiger charge is 2.39. The Morgan fingerprint density at radius 1 is 1.07 bits per heavy atom. The van der Waals surface area contributed by atoms with Crippen LogP contribution in [0.5, 0.6) is 0 Å². The van der Waals surface area contributed by atoms with Gasteiger partial charge in [0.1, 0.15) is 18.8 Å². The van der Waals surface area contributed by atoms with E-state index in [2.05, 4.69) is 32.5 Å². The molecule has 2 heterocycles. The first kappa shape index (κ1) is 32.8. The molecule has 3 atom stereocenters. The lowest BCUT2D eigenvalue weighted by Gasteiger charge is -2.34. The summed E-state index contributed by atoms with van der Waals surface area (Å²) in [6.07, 6.45) is 1.50. The number of hydrogen-bond acceptors (Lipinski definition) is 7. The molecule has 13 heteroatoms. The number of likely N-dealkylation sites (N-methyl/N-ethyl adjacent to an activating group) is 1. The summed E-state index contributed by atoms with van der Waals surface area (Å²) in [6.45, 7) is 6.61. The molecule has 2 aliphatic rings. The molecule has 0 radical (unpaired) electrons. The van der Waals surface area contributed by atoms with Gasteiger partial charge in [-0.15, -0.1) is 0 Å². The van der Waals surface area contributed by atoms with Crippen molar-refractivity contribution in [1.82, 2.24) is 20.4 Å². The number of rotatable bonds is 13. The fraction of sp³-hybridized carbons (Fsp3) is 0.621. The Bertz CT molecular complexity index is 1130. The standard InChI is InChI=1S/C29H45FN8O4/c1-19(2)25(35-26(40)20-7-4-8-21(17-20)37-15-13-36(3)14-16-37)28(42)38-12-6-10-23(38)27(41)34-22(24(39)18-30)9-5-11-33-29(31)32/h4,7-8,17,19,22-23,25H,5-6,9-16,18H2,1-3H3,(H,34,41)(H,35,40)(H4,31,32,33)/t22?,23-,25?/m0/s1. The molecule has 12 nitrogen and oxygen atoms in total. The lowest BCUT2D eigenvalue weighted by molar-refractivity contribution is -0.141. The molecule has 2 aliphatic heterocycles. The first-order valence-corrected chi connectivity index (χ1v) is 14.6. The molecule has 3 amide bonds. The highest BCUT2D eigenvalue weighted by Crippen LogP contribution is 2.22. The van der Waals surface area contributed by atoms with E-state index in [0.717, 1.165) is 31.9 Å². The summed E-state index contributed by atoms with van der Waals surface area (Å²) in [6, 6.07) is 4.62. The van der Waals surface area contributed by atoms with Crippen molar-refractivity contribution in [2.24, 2.45) is 22.4 Å². The summed E-state index contributed by atoms with van der Waals surface area (Å²) in [5.74, 6) is -2.36. The SMILES string of the molecule is CC(C)C(NC(=O)c1cccc(N2CCN(C)CC2)c1)C(=O)N1CCC[C@H]1C(=O)NC(CCCN=C(N)N)C(=O)CF. The van der Waals surface area contributed by atoms with Gasteiger partial charge in [0.15, 0.2) is 11.7 Å². The topological polar surface area (TPSA) is 166 Å². The molecule has 0 aliphatic carbocycles. The Hall–Kier alpha value is -3.74. The maximum Gasteiger partial charge on any atom is 0.252 e. The number of nitrogens with two attached hydrogens (primary N) is 2. The average Bonchev–Trinajstić information content (AvgIpc) is 3.47. The second-order valence-corrected chi connectivity index (χ2v) is 11.3.